The molecule has 0 atom stereocenters. The van der Waals surface area contributed by atoms with Crippen LogP contribution in [0.4, 0.5) is 0 Å². The molecule has 70 valence electrons. The predicted molar refractivity (Wildman–Crippen MR) is 50.5 cm³/mol. The van der Waals surface area contributed by atoms with Crippen LogP contribution in [-0.2, 0) is 5.41 Å². The summed E-state index contributed by atoms with van der Waals surface area (Å²) in [5, 5.41) is 0. The van der Waals surface area contributed by atoms with E-state index in [1.165, 1.54) is 25.7 Å². The molecule has 0 saturated heterocycles. The Hall–Kier alpha value is -0.760. The number of rotatable bonds is 2. The average Bonchev–Trinajstić information content (AvgIpc) is 2.97. The summed E-state index contributed by atoms with van der Waals surface area (Å²) >= 11 is 0. The second kappa shape index (κ2) is 2.01. The zero-order valence-corrected chi connectivity index (χ0v) is 7.97. The molecule has 2 nitrogen and oxygen atoms in total. The lowest BCUT2D eigenvalue weighted by Gasteiger charge is -2.19. The first-order chi connectivity index (χ1) is 6.16. The highest BCUT2D eigenvalue weighted by Crippen LogP contribution is 2.63. The SMILES string of the molecule is Cc1ccc(C2(C3(N)CC3)CC2)o1. The topological polar surface area (TPSA) is 39.2 Å². The van der Waals surface area contributed by atoms with Gasteiger partial charge in [0.05, 0.1) is 0 Å². The Kier molecular flexibility index (Phi) is 1.18. The van der Waals surface area contributed by atoms with Crippen LogP contribution in [0.3, 0.4) is 0 Å². The maximum absolute atomic E-state index is 6.27. The molecule has 2 heteroatoms. The zero-order valence-electron chi connectivity index (χ0n) is 7.97. The minimum Gasteiger partial charge on any atom is -0.466 e. The Morgan fingerprint density at radius 2 is 1.92 bits per heavy atom. The van der Waals surface area contributed by atoms with Crippen LogP contribution < -0.4 is 5.73 Å². The van der Waals surface area contributed by atoms with Gasteiger partial charge in [0.1, 0.15) is 11.5 Å². The maximum Gasteiger partial charge on any atom is 0.112 e. The number of furan rings is 1. The van der Waals surface area contributed by atoms with Gasteiger partial charge in [-0.3, -0.25) is 0 Å². The normalized spacial score (nSPS) is 27.2. The van der Waals surface area contributed by atoms with Gasteiger partial charge in [-0.2, -0.15) is 0 Å². The third-order valence-corrected chi connectivity index (χ3v) is 3.70. The average molecular weight is 177 g/mol. The van der Waals surface area contributed by atoms with E-state index in [1.54, 1.807) is 0 Å². The van der Waals surface area contributed by atoms with Gasteiger partial charge in [0.25, 0.3) is 0 Å². The highest BCUT2D eigenvalue weighted by atomic mass is 16.3. The van der Waals surface area contributed by atoms with Gasteiger partial charge in [0.2, 0.25) is 0 Å². The molecule has 2 N–H and O–H groups in total. The van der Waals surface area contributed by atoms with E-state index in [-0.39, 0.29) is 11.0 Å². The Morgan fingerprint density at radius 3 is 2.31 bits per heavy atom. The van der Waals surface area contributed by atoms with Crippen LogP contribution >= 0.6 is 0 Å². The van der Waals surface area contributed by atoms with Gasteiger partial charge in [0.15, 0.2) is 0 Å². The fourth-order valence-electron chi connectivity index (χ4n) is 2.42. The Morgan fingerprint density at radius 1 is 1.23 bits per heavy atom. The van der Waals surface area contributed by atoms with Gasteiger partial charge in [0, 0.05) is 11.0 Å². The molecule has 2 aliphatic carbocycles. The monoisotopic (exact) mass is 177 g/mol. The van der Waals surface area contributed by atoms with Gasteiger partial charge >= 0.3 is 0 Å². The van der Waals surface area contributed by atoms with E-state index in [4.69, 9.17) is 10.2 Å². The summed E-state index contributed by atoms with van der Waals surface area (Å²) in [5.41, 5.74) is 6.57. The van der Waals surface area contributed by atoms with E-state index in [1.807, 2.05) is 13.0 Å². The first-order valence-electron chi connectivity index (χ1n) is 5.02. The summed E-state index contributed by atoms with van der Waals surface area (Å²) < 4.78 is 5.70. The molecular formula is C11H15NO. The molecule has 2 saturated carbocycles. The van der Waals surface area contributed by atoms with Crippen LogP contribution in [-0.4, -0.2) is 5.54 Å². The number of hydrogen-bond acceptors (Lipinski definition) is 2. The summed E-state index contributed by atoms with van der Waals surface area (Å²) in [6, 6.07) is 4.15. The van der Waals surface area contributed by atoms with Crippen molar-refractivity contribution in [2.45, 2.75) is 43.6 Å². The largest absolute Gasteiger partial charge is 0.466 e. The molecule has 0 spiro atoms. The van der Waals surface area contributed by atoms with Gasteiger partial charge in [-0.25, -0.2) is 0 Å². The van der Waals surface area contributed by atoms with Crippen LogP contribution in [0.25, 0.3) is 0 Å². The molecule has 2 aliphatic rings. The fourth-order valence-corrected chi connectivity index (χ4v) is 2.42. The second-order valence-electron chi connectivity index (χ2n) is 4.65. The third kappa shape index (κ3) is 0.869. The van der Waals surface area contributed by atoms with E-state index in [0.717, 1.165) is 11.5 Å². The van der Waals surface area contributed by atoms with Gasteiger partial charge in [-0.1, -0.05) is 0 Å². The smallest absolute Gasteiger partial charge is 0.112 e. The first kappa shape index (κ1) is 7.63. The fraction of sp³-hybridized carbons (Fsp3) is 0.636. The second-order valence-corrected chi connectivity index (χ2v) is 4.65. The third-order valence-electron chi connectivity index (χ3n) is 3.70. The minimum atomic E-state index is 0.0806. The molecule has 1 aromatic rings. The van der Waals surface area contributed by atoms with E-state index >= 15 is 0 Å². The summed E-state index contributed by atoms with van der Waals surface area (Å²) in [4.78, 5) is 0. The van der Waals surface area contributed by atoms with Crippen molar-refractivity contribution in [3.63, 3.8) is 0 Å². The van der Waals surface area contributed by atoms with E-state index < -0.39 is 0 Å². The van der Waals surface area contributed by atoms with Gasteiger partial charge in [-0.05, 0) is 44.7 Å². The van der Waals surface area contributed by atoms with Crippen LogP contribution in [0.1, 0.15) is 37.2 Å². The van der Waals surface area contributed by atoms with Crippen LogP contribution in [0.15, 0.2) is 16.5 Å². The van der Waals surface area contributed by atoms with Gasteiger partial charge < -0.3 is 10.2 Å². The number of hydrogen-bond donors (Lipinski definition) is 1. The molecule has 13 heavy (non-hydrogen) atoms. The Balaban J connectivity index is 2.00. The van der Waals surface area contributed by atoms with Crippen molar-refractivity contribution in [2.24, 2.45) is 5.73 Å². The molecular weight excluding hydrogens is 162 g/mol. The highest BCUT2D eigenvalue weighted by molar-refractivity contribution is 5.35. The molecule has 0 amide bonds. The highest BCUT2D eigenvalue weighted by Gasteiger charge is 2.65. The predicted octanol–water partition coefficient (Wildman–Crippen LogP) is 2.11. The lowest BCUT2D eigenvalue weighted by atomic mass is 9.92. The van der Waals surface area contributed by atoms with Crippen molar-refractivity contribution in [1.82, 2.24) is 0 Å². The van der Waals surface area contributed by atoms with Crippen molar-refractivity contribution in [2.75, 3.05) is 0 Å². The maximum atomic E-state index is 6.27. The Bertz CT molecular complexity index is 345. The van der Waals surface area contributed by atoms with Crippen LogP contribution in [0.2, 0.25) is 0 Å². The van der Waals surface area contributed by atoms with Crippen LogP contribution in [0, 0.1) is 6.92 Å². The van der Waals surface area contributed by atoms with Crippen molar-refractivity contribution in [3.8, 4) is 0 Å². The summed E-state index contributed by atoms with van der Waals surface area (Å²) in [7, 11) is 0. The van der Waals surface area contributed by atoms with Crippen molar-refractivity contribution in [1.29, 1.82) is 0 Å². The van der Waals surface area contributed by atoms with Crippen molar-refractivity contribution >= 4 is 0 Å². The minimum absolute atomic E-state index is 0.0806. The molecule has 2 fully saturated rings. The molecule has 0 unspecified atom stereocenters. The van der Waals surface area contributed by atoms with E-state index in [9.17, 15) is 0 Å². The number of aryl methyl sites for hydroxylation is 1. The van der Waals surface area contributed by atoms with Crippen LogP contribution in [0.5, 0.6) is 0 Å². The molecule has 0 aliphatic heterocycles. The molecule has 1 aromatic heterocycles. The molecule has 3 rings (SSSR count). The summed E-state index contributed by atoms with van der Waals surface area (Å²) in [6.45, 7) is 2.00. The summed E-state index contributed by atoms with van der Waals surface area (Å²) in [6.07, 6.45) is 4.78. The molecule has 0 radical (unpaired) electrons. The van der Waals surface area contributed by atoms with Crippen molar-refractivity contribution in [3.05, 3.63) is 23.7 Å². The lowest BCUT2D eigenvalue weighted by Crippen LogP contribution is -2.36. The number of nitrogens with two attached hydrogens (primary N) is 1. The van der Waals surface area contributed by atoms with E-state index in [0.29, 0.717) is 0 Å². The quantitative estimate of drug-likeness (QED) is 0.751. The first-order valence-corrected chi connectivity index (χ1v) is 5.02. The lowest BCUT2D eigenvalue weighted by molar-refractivity contribution is 0.379. The Labute approximate surface area is 78.1 Å². The summed E-state index contributed by atoms with van der Waals surface area (Å²) in [5.74, 6) is 2.13. The zero-order chi connectivity index (χ0) is 9.10. The molecule has 0 bridgehead atoms. The molecule has 1 heterocycles. The van der Waals surface area contributed by atoms with Crippen molar-refractivity contribution < 1.29 is 4.42 Å². The molecule has 0 aromatic carbocycles. The van der Waals surface area contributed by atoms with E-state index in [2.05, 4.69) is 6.07 Å². The standard InChI is InChI=1S/C11H15NO/c1-8-2-3-9(13-8)10(4-5-10)11(12)6-7-11/h2-3H,4-7,12H2,1H3. The van der Waals surface area contributed by atoms with Gasteiger partial charge in [-0.15, -0.1) is 0 Å².